The highest BCUT2D eigenvalue weighted by Crippen LogP contribution is 2.36. The minimum atomic E-state index is -3.86. The van der Waals surface area contributed by atoms with Crippen molar-refractivity contribution in [1.82, 2.24) is 0 Å². The predicted molar refractivity (Wildman–Crippen MR) is 138 cm³/mol. The molecule has 3 aromatic rings. The lowest BCUT2D eigenvalue weighted by Gasteiger charge is -2.30. The van der Waals surface area contributed by atoms with E-state index in [0.717, 1.165) is 33.3 Å². The zero-order chi connectivity index (χ0) is 25.2. The molecule has 0 bridgehead atoms. The Morgan fingerprint density at radius 2 is 1.65 bits per heavy atom. The second-order valence-electron chi connectivity index (χ2n) is 8.65. The summed E-state index contributed by atoms with van der Waals surface area (Å²) in [6.45, 7) is 9.48. The van der Waals surface area contributed by atoms with Crippen LogP contribution in [0.2, 0.25) is 0 Å². The molecule has 0 saturated heterocycles. The molecule has 0 radical (unpaired) electrons. The van der Waals surface area contributed by atoms with Gasteiger partial charge in [-0.1, -0.05) is 36.3 Å². The smallest absolute Gasteiger partial charge is 0.305 e. The summed E-state index contributed by atoms with van der Waals surface area (Å²) in [5, 5.41) is 10.8. The number of anilines is 2. The van der Waals surface area contributed by atoms with Gasteiger partial charge in [-0.05, 0) is 69.0 Å². The molecule has 0 spiro atoms. The molecule has 34 heavy (non-hydrogen) atoms. The van der Waals surface area contributed by atoms with Crippen LogP contribution in [0.15, 0.2) is 47.4 Å². The summed E-state index contributed by atoms with van der Waals surface area (Å²) in [5.74, 6) is 1.69. The van der Waals surface area contributed by atoms with Crippen LogP contribution >= 0.6 is 0 Å². The number of sulfonamides is 1. The third-order valence-corrected chi connectivity index (χ3v) is 7.92. The number of hydrogen-bond acceptors (Lipinski definition) is 4. The fourth-order valence-corrected chi connectivity index (χ4v) is 6.04. The summed E-state index contributed by atoms with van der Waals surface area (Å²) in [5.41, 5.74) is 4.48. The minimum absolute atomic E-state index is 0.0738. The van der Waals surface area contributed by atoms with Crippen molar-refractivity contribution in [2.24, 2.45) is 0 Å². The number of benzene rings is 3. The van der Waals surface area contributed by atoms with E-state index < -0.39 is 16.0 Å². The average molecular weight is 479 g/mol. The zero-order valence-electron chi connectivity index (χ0n) is 20.1. The monoisotopic (exact) mass is 478 g/mol. The van der Waals surface area contributed by atoms with Gasteiger partial charge in [0.25, 0.3) is 10.0 Å². The second-order valence-corrected chi connectivity index (χ2v) is 10.3. The largest absolute Gasteiger partial charge is 0.481 e. The first-order chi connectivity index (χ1) is 16.0. The molecule has 0 heterocycles. The van der Waals surface area contributed by atoms with Gasteiger partial charge in [0.2, 0.25) is 0 Å². The molecule has 0 aromatic heterocycles. The molecule has 1 atom stereocenters. The van der Waals surface area contributed by atoms with E-state index in [4.69, 9.17) is 6.42 Å². The van der Waals surface area contributed by atoms with Crippen molar-refractivity contribution in [1.29, 1.82) is 0 Å². The van der Waals surface area contributed by atoms with Crippen molar-refractivity contribution in [3.05, 3.63) is 64.7 Å². The lowest BCUT2D eigenvalue weighted by molar-refractivity contribution is -0.137. The molecular formula is C27H30N2O4S. The number of carboxylic acid groups (broad SMARTS) is 1. The van der Waals surface area contributed by atoms with Crippen LogP contribution < -0.4 is 9.62 Å². The molecule has 2 N–H and O–H groups in total. The van der Waals surface area contributed by atoms with E-state index in [1.54, 1.807) is 12.1 Å². The van der Waals surface area contributed by atoms with Gasteiger partial charge in [-0.3, -0.25) is 9.52 Å². The Bertz CT molecular complexity index is 1380. The zero-order valence-corrected chi connectivity index (χ0v) is 21.0. The molecule has 7 heteroatoms. The minimum Gasteiger partial charge on any atom is -0.481 e. The van der Waals surface area contributed by atoms with E-state index in [1.807, 2.05) is 69.9 Å². The molecule has 0 amide bonds. The van der Waals surface area contributed by atoms with Gasteiger partial charge in [0.05, 0.1) is 23.5 Å². The highest BCUT2D eigenvalue weighted by molar-refractivity contribution is 7.92. The van der Waals surface area contributed by atoms with Crippen LogP contribution in [0.1, 0.15) is 35.6 Å². The summed E-state index contributed by atoms with van der Waals surface area (Å²) >= 11 is 0. The van der Waals surface area contributed by atoms with E-state index in [0.29, 0.717) is 16.0 Å². The van der Waals surface area contributed by atoms with Crippen LogP contribution in [0.25, 0.3) is 10.8 Å². The molecule has 178 valence electrons. The molecule has 0 saturated carbocycles. The van der Waals surface area contributed by atoms with E-state index in [1.165, 1.54) is 0 Å². The fraction of sp³-hybridized carbons (Fsp3) is 0.296. The molecule has 0 unspecified atom stereocenters. The van der Waals surface area contributed by atoms with Gasteiger partial charge in [0, 0.05) is 22.5 Å². The van der Waals surface area contributed by atoms with E-state index >= 15 is 0 Å². The Morgan fingerprint density at radius 1 is 1.06 bits per heavy atom. The number of terminal acetylenes is 1. The Kier molecular flexibility index (Phi) is 7.23. The first-order valence-corrected chi connectivity index (χ1v) is 12.5. The lowest BCUT2D eigenvalue weighted by Crippen LogP contribution is -2.35. The number of carbonyl (C=O) groups is 1. The highest BCUT2D eigenvalue weighted by atomic mass is 32.2. The third kappa shape index (κ3) is 4.87. The van der Waals surface area contributed by atoms with Crippen LogP contribution in [0.5, 0.6) is 0 Å². The van der Waals surface area contributed by atoms with Crippen molar-refractivity contribution < 1.29 is 18.3 Å². The predicted octanol–water partition coefficient (Wildman–Crippen LogP) is 5.18. The van der Waals surface area contributed by atoms with E-state index in [9.17, 15) is 18.3 Å². The number of hydrogen-bond donors (Lipinski definition) is 2. The maximum Gasteiger partial charge on any atom is 0.305 e. The molecule has 0 fully saturated rings. The van der Waals surface area contributed by atoms with Gasteiger partial charge in [-0.25, -0.2) is 8.42 Å². The normalized spacial score (nSPS) is 12.2. The van der Waals surface area contributed by atoms with Crippen molar-refractivity contribution in [3.63, 3.8) is 0 Å². The molecule has 3 rings (SSSR count). The number of carboxylic acids is 1. The first-order valence-electron chi connectivity index (χ1n) is 11.0. The van der Waals surface area contributed by atoms with E-state index in [-0.39, 0.29) is 19.0 Å². The Balaban J connectivity index is 2.14. The first kappa shape index (κ1) is 25.1. The van der Waals surface area contributed by atoms with Gasteiger partial charge in [-0.2, -0.15) is 0 Å². The van der Waals surface area contributed by atoms with Crippen molar-refractivity contribution in [2.45, 2.75) is 52.0 Å². The molecule has 6 nitrogen and oxygen atoms in total. The van der Waals surface area contributed by atoms with Crippen LogP contribution in [0, 0.1) is 40.0 Å². The summed E-state index contributed by atoms with van der Waals surface area (Å²) in [4.78, 5) is 13.5. The van der Waals surface area contributed by atoms with Crippen LogP contribution in [-0.2, 0) is 14.8 Å². The summed E-state index contributed by atoms with van der Waals surface area (Å²) in [6.07, 6.45) is 5.51. The fourth-order valence-electron chi connectivity index (χ4n) is 4.34. The Morgan fingerprint density at radius 3 is 2.21 bits per heavy atom. The third-order valence-electron chi connectivity index (χ3n) is 6.28. The Hall–Kier alpha value is -3.50. The molecule has 0 aliphatic rings. The van der Waals surface area contributed by atoms with E-state index in [2.05, 4.69) is 10.6 Å². The average Bonchev–Trinajstić information content (AvgIpc) is 2.76. The molecule has 3 aromatic carbocycles. The van der Waals surface area contributed by atoms with Crippen molar-refractivity contribution in [3.8, 4) is 12.3 Å². The van der Waals surface area contributed by atoms with Gasteiger partial charge in [0.15, 0.2) is 0 Å². The van der Waals surface area contributed by atoms with Crippen molar-refractivity contribution in [2.75, 3.05) is 16.2 Å². The van der Waals surface area contributed by atoms with Gasteiger partial charge in [-0.15, -0.1) is 6.42 Å². The van der Waals surface area contributed by atoms with Crippen LogP contribution in [-0.4, -0.2) is 32.1 Å². The summed E-state index contributed by atoms with van der Waals surface area (Å²) < 4.78 is 29.9. The number of aryl methyl sites for hydroxylation is 2. The quantitative estimate of drug-likeness (QED) is 0.436. The number of aliphatic carboxylic acids is 1. The molecular weight excluding hydrogens is 448 g/mol. The van der Waals surface area contributed by atoms with Crippen LogP contribution in [0.4, 0.5) is 11.4 Å². The summed E-state index contributed by atoms with van der Waals surface area (Å²) in [7, 11) is -3.86. The van der Waals surface area contributed by atoms with Crippen LogP contribution in [0.3, 0.4) is 0 Å². The number of nitrogens with one attached hydrogen (secondary N) is 1. The maximum atomic E-state index is 13.5. The topological polar surface area (TPSA) is 86.7 Å². The van der Waals surface area contributed by atoms with Crippen molar-refractivity contribution >= 4 is 38.1 Å². The number of nitrogens with zero attached hydrogens (tertiary/aromatic N) is 1. The van der Waals surface area contributed by atoms with Gasteiger partial charge in [0.1, 0.15) is 0 Å². The Labute approximate surface area is 201 Å². The molecule has 0 aliphatic carbocycles. The lowest BCUT2D eigenvalue weighted by atomic mass is 10.0. The standard InChI is InChI=1S/C27H30N2O4S/c1-7-14-29(19(4)16-26(30)31)25-13-12-24(22-10-8-9-11-23(22)25)28-34(32,33)27-20(5)17(2)15-18(3)21(27)6/h1,8-13,15,19,28H,14,16H2,2-6H3,(H,30,31)/t19-/m0/s1. The van der Waals surface area contributed by atoms with Gasteiger partial charge < -0.3 is 10.0 Å². The highest BCUT2D eigenvalue weighted by Gasteiger charge is 2.24. The summed E-state index contributed by atoms with van der Waals surface area (Å²) in [6, 6.07) is 12.6. The molecule has 0 aliphatic heterocycles. The number of fused-ring (bicyclic) bond motifs is 1. The maximum absolute atomic E-state index is 13.5. The number of rotatable bonds is 8. The van der Waals surface area contributed by atoms with Gasteiger partial charge >= 0.3 is 5.97 Å². The second kappa shape index (κ2) is 9.78. The SMILES string of the molecule is C#CCN(c1ccc(NS(=O)(=O)c2c(C)c(C)cc(C)c2C)c2ccccc12)[C@@H](C)CC(=O)O.